The summed E-state index contributed by atoms with van der Waals surface area (Å²) in [6, 6.07) is 22.0. The van der Waals surface area contributed by atoms with Crippen molar-refractivity contribution in [3.05, 3.63) is 108 Å². The second-order valence-electron chi connectivity index (χ2n) is 10.1. The van der Waals surface area contributed by atoms with Crippen LogP contribution in [0.1, 0.15) is 45.9 Å². The molecule has 1 aliphatic rings. The number of fused-ring (bicyclic) bond motifs is 1. The first-order valence-corrected chi connectivity index (χ1v) is 14.8. The number of aromatic nitrogens is 5. The van der Waals surface area contributed by atoms with Crippen molar-refractivity contribution < 1.29 is 14.5 Å². The van der Waals surface area contributed by atoms with Gasteiger partial charge in [-0.1, -0.05) is 48.0 Å². The standard InChI is InChI=1S/C30H31N7O2S.H2O/c1-22-8-10-25(11-9-22)37-28(33-30(38)26-21-32-36-16-5-15-31-29(26)36)20-27(34-37)24-12-17-35(18-13-24)40(39)19-14-23-6-3-2-4-7-23;/h2-11,15-16,20-21,24H,12-14,17-19H2,1H3,(H,33,38);1H2. The van der Waals surface area contributed by atoms with Gasteiger partial charge in [0.1, 0.15) is 11.4 Å². The second kappa shape index (κ2) is 12.5. The summed E-state index contributed by atoms with van der Waals surface area (Å²) in [6.45, 7) is 3.54. The molecule has 4 heterocycles. The molecule has 1 atom stereocenters. The Balaban J connectivity index is 0.00000337. The maximum Gasteiger partial charge on any atom is 0.262 e. The van der Waals surface area contributed by atoms with Crippen LogP contribution < -0.4 is 5.32 Å². The van der Waals surface area contributed by atoms with Crippen LogP contribution in [0.5, 0.6) is 0 Å². The molecule has 1 saturated heterocycles. The zero-order valence-electron chi connectivity index (χ0n) is 22.8. The van der Waals surface area contributed by atoms with Gasteiger partial charge in [0.05, 0.1) is 28.6 Å². The quantitative estimate of drug-likeness (QED) is 0.303. The molecule has 6 rings (SSSR count). The average molecular weight is 572 g/mol. The molecule has 10 nitrogen and oxygen atoms in total. The number of rotatable bonds is 8. The van der Waals surface area contributed by atoms with Crippen LogP contribution in [0.3, 0.4) is 0 Å². The van der Waals surface area contributed by atoms with Crippen molar-refractivity contribution in [2.45, 2.75) is 32.1 Å². The number of nitrogens with zero attached hydrogens (tertiary/aromatic N) is 6. The molecule has 11 heteroatoms. The van der Waals surface area contributed by atoms with Crippen LogP contribution in [0.4, 0.5) is 5.82 Å². The number of carbonyl (C=O) groups excluding carboxylic acids is 1. The van der Waals surface area contributed by atoms with E-state index in [4.69, 9.17) is 5.10 Å². The first-order valence-electron chi connectivity index (χ1n) is 13.5. The lowest BCUT2D eigenvalue weighted by atomic mass is 9.95. The fourth-order valence-corrected chi connectivity index (χ4v) is 6.36. The van der Waals surface area contributed by atoms with Crippen molar-refractivity contribution in [1.29, 1.82) is 0 Å². The zero-order valence-corrected chi connectivity index (χ0v) is 23.6. The number of hydrogen-bond acceptors (Lipinski definition) is 5. The summed E-state index contributed by atoms with van der Waals surface area (Å²) in [6.07, 6.45) is 7.44. The molecule has 2 aromatic carbocycles. The number of nitrogens with one attached hydrogen (secondary N) is 1. The fourth-order valence-electron chi connectivity index (χ4n) is 5.08. The largest absolute Gasteiger partial charge is 0.412 e. The van der Waals surface area contributed by atoms with E-state index in [2.05, 4.69) is 31.8 Å². The molecule has 0 aliphatic carbocycles. The number of carbonyl (C=O) groups is 1. The molecule has 0 bridgehead atoms. The highest BCUT2D eigenvalue weighted by molar-refractivity contribution is 7.82. The van der Waals surface area contributed by atoms with E-state index in [9.17, 15) is 9.00 Å². The Morgan fingerprint density at radius 1 is 1.05 bits per heavy atom. The van der Waals surface area contributed by atoms with E-state index in [0.717, 1.165) is 49.3 Å². The van der Waals surface area contributed by atoms with Crippen molar-refractivity contribution in [2.24, 2.45) is 0 Å². The van der Waals surface area contributed by atoms with Gasteiger partial charge in [0.2, 0.25) is 0 Å². The van der Waals surface area contributed by atoms with Gasteiger partial charge in [0.15, 0.2) is 5.65 Å². The van der Waals surface area contributed by atoms with E-state index in [1.807, 2.05) is 55.5 Å². The molecular weight excluding hydrogens is 538 g/mol. The Morgan fingerprint density at radius 2 is 1.80 bits per heavy atom. The van der Waals surface area contributed by atoms with Crippen LogP contribution in [0.2, 0.25) is 0 Å². The number of piperidine rings is 1. The van der Waals surface area contributed by atoms with Crippen molar-refractivity contribution in [3.63, 3.8) is 0 Å². The van der Waals surface area contributed by atoms with E-state index in [1.54, 1.807) is 27.7 Å². The SMILES string of the molecule is Cc1ccc(-n2nc(C3CCN(S(=O)CCc4ccccc4)CC3)cc2NC(=O)c2cnn3cccnc23)cc1.O. The normalized spacial score (nSPS) is 15.0. The summed E-state index contributed by atoms with van der Waals surface area (Å²) in [5.74, 6) is 1.14. The number of hydrogen-bond donors (Lipinski definition) is 1. The molecule has 1 amide bonds. The van der Waals surface area contributed by atoms with E-state index < -0.39 is 11.0 Å². The lowest BCUT2D eigenvalue weighted by molar-refractivity contribution is 0.102. The van der Waals surface area contributed by atoms with Crippen LogP contribution in [0.15, 0.2) is 85.3 Å². The summed E-state index contributed by atoms with van der Waals surface area (Å²) < 4.78 is 18.4. The lowest BCUT2D eigenvalue weighted by Crippen LogP contribution is -2.36. The minimum atomic E-state index is -1.01. The lowest BCUT2D eigenvalue weighted by Gasteiger charge is -2.30. The van der Waals surface area contributed by atoms with Crippen LogP contribution >= 0.6 is 0 Å². The minimum Gasteiger partial charge on any atom is -0.412 e. The first kappa shape index (κ1) is 28.3. The third-order valence-electron chi connectivity index (χ3n) is 7.34. The Morgan fingerprint density at radius 3 is 2.56 bits per heavy atom. The molecule has 0 saturated carbocycles. The molecule has 1 unspecified atom stereocenters. The van der Waals surface area contributed by atoms with Gasteiger partial charge in [-0.15, -0.1) is 0 Å². The fraction of sp³-hybridized carbons (Fsp3) is 0.267. The van der Waals surface area contributed by atoms with Gasteiger partial charge >= 0.3 is 0 Å². The Bertz CT molecular complexity index is 1640. The second-order valence-corrected chi connectivity index (χ2v) is 11.6. The predicted molar refractivity (Wildman–Crippen MR) is 160 cm³/mol. The van der Waals surface area contributed by atoms with Crippen LogP contribution in [-0.2, 0) is 17.4 Å². The molecular formula is C30H33N7O3S. The van der Waals surface area contributed by atoms with Gasteiger partial charge in [-0.25, -0.2) is 22.7 Å². The average Bonchev–Trinajstić information content (AvgIpc) is 3.62. The predicted octanol–water partition coefficient (Wildman–Crippen LogP) is 3.74. The summed E-state index contributed by atoms with van der Waals surface area (Å²) in [7, 11) is -1.01. The van der Waals surface area contributed by atoms with Crippen molar-refractivity contribution in [2.75, 3.05) is 24.2 Å². The monoisotopic (exact) mass is 571 g/mol. The maximum atomic E-state index is 13.3. The van der Waals surface area contributed by atoms with Gasteiger partial charge in [0, 0.05) is 43.2 Å². The minimum absolute atomic E-state index is 0. The van der Waals surface area contributed by atoms with Gasteiger partial charge in [-0.2, -0.15) is 10.2 Å². The van der Waals surface area contributed by atoms with E-state index in [1.165, 1.54) is 11.8 Å². The highest BCUT2D eigenvalue weighted by Gasteiger charge is 2.27. The molecule has 1 aliphatic heterocycles. The molecule has 0 radical (unpaired) electrons. The molecule has 1 fully saturated rings. The van der Waals surface area contributed by atoms with Crippen LogP contribution in [0.25, 0.3) is 11.3 Å². The highest BCUT2D eigenvalue weighted by Crippen LogP contribution is 2.31. The zero-order chi connectivity index (χ0) is 27.5. The summed E-state index contributed by atoms with van der Waals surface area (Å²) in [5, 5.41) is 12.2. The number of aryl methyl sites for hydroxylation is 2. The van der Waals surface area contributed by atoms with Gasteiger partial charge in [-0.05, 0) is 49.9 Å². The third-order valence-corrected chi connectivity index (χ3v) is 8.84. The Labute approximate surface area is 240 Å². The van der Waals surface area contributed by atoms with Gasteiger partial charge in [-0.3, -0.25) is 4.79 Å². The topological polar surface area (TPSA) is 129 Å². The number of anilines is 1. The highest BCUT2D eigenvalue weighted by atomic mass is 32.2. The van der Waals surface area contributed by atoms with E-state index in [0.29, 0.717) is 22.8 Å². The first-order chi connectivity index (χ1) is 19.5. The van der Waals surface area contributed by atoms with Gasteiger partial charge < -0.3 is 10.8 Å². The Kier molecular flexibility index (Phi) is 8.67. The maximum absolute atomic E-state index is 13.3. The Hall–Kier alpha value is -4.19. The summed E-state index contributed by atoms with van der Waals surface area (Å²) in [5.41, 5.74) is 5.03. The number of benzene rings is 2. The summed E-state index contributed by atoms with van der Waals surface area (Å²) in [4.78, 5) is 17.6. The summed E-state index contributed by atoms with van der Waals surface area (Å²) >= 11 is 0. The molecule has 3 N–H and O–H groups in total. The molecule has 41 heavy (non-hydrogen) atoms. The van der Waals surface area contributed by atoms with E-state index in [-0.39, 0.29) is 17.3 Å². The van der Waals surface area contributed by atoms with Crippen molar-refractivity contribution in [1.82, 2.24) is 28.7 Å². The number of amides is 1. The molecule has 3 aromatic heterocycles. The van der Waals surface area contributed by atoms with Crippen molar-refractivity contribution >= 4 is 28.4 Å². The molecule has 5 aromatic rings. The van der Waals surface area contributed by atoms with Crippen LogP contribution in [-0.4, -0.2) is 63.1 Å². The smallest absolute Gasteiger partial charge is 0.262 e. The van der Waals surface area contributed by atoms with Crippen LogP contribution in [0, 0.1) is 6.92 Å². The third kappa shape index (κ3) is 6.27. The molecule has 212 valence electrons. The molecule has 0 spiro atoms. The van der Waals surface area contributed by atoms with Gasteiger partial charge in [0.25, 0.3) is 5.91 Å². The van der Waals surface area contributed by atoms with E-state index >= 15 is 0 Å². The van der Waals surface area contributed by atoms with Crippen molar-refractivity contribution in [3.8, 4) is 5.69 Å².